The number of carbonyl (C=O) groups is 2. The Morgan fingerprint density at radius 3 is 2.61 bits per heavy atom. The molecule has 3 N–H and O–H groups in total. The Hall–Kier alpha value is -3.35. The van der Waals surface area contributed by atoms with E-state index in [2.05, 4.69) is 20.6 Å². The first-order valence-electron chi connectivity index (χ1n) is 9.37. The van der Waals surface area contributed by atoms with E-state index in [-0.39, 0.29) is 18.4 Å². The van der Waals surface area contributed by atoms with Crippen LogP contribution in [0.15, 0.2) is 48.5 Å². The number of nitrogens with zero attached hydrogens (tertiary/aromatic N) is 1. The van der Waals surface area contributed by atoms with E-state index in [1.165, 1.54) is 0 Å². The summed E-state index contributed by atoms with van der Waals surface area (Å²) in [5.41, 5.74) is 2.44. The number of carbonyl (C=O) groups excluding carboxylic acids is 2. The number of aromatic nitrogens is 2. The summed E-state index contributed by atoms with van der Waals surface area (Å²) in [6.07, 6.45) is 1.51. The molecule has 0 saturated heterocycles. The first kappa shape index (κ1) is 19.4. The highest BCUT2D eigenvalue weighted by Gasteiger charge is 2.08. The highest BCUT2D eigenvalue weighted by molar-refractivity contribution is 5.96. The molecular weight excluding hydrogens is 356 g/mol. The molecule has 0 fully saturated rings. The summed E-state index contributed by atoms with van der Waals surface area (Å²) < 4.78 is 5.34. The molecule has 0 radical (unpaired) electrons. The first-order valence-corrected chi connectivity index (χ1v) is 9.37. The summed E-state index contributed by atoms with van der Waals surface area (Å²) in [6.45, 7) is 2.93. The summed E-state index contributed by atoms with van der Waals surface area (Å²) in [7, 11) is 0. The van der Waals surface area contributed by atoms with E-state index >= 15 is 0 Å². The van der Waals surface area contributed by atoms with Crippen molar-refractivity contribution in [2.45, 2.75) is 19.8 Å². The molecule has 0 atom stereocenters. The molecule has 0 bridgehead atoms. The highest BCUT2D eigenvalue weighted by Crippen LogP contribution is 2.12. The van der Waals surface area contributed by atoms with Crippen LogP contribution in [0, 0.1) is 0 Å². The summed E-state index contributed by atoms with van der Waals surface area (Å²) in [5.74, 6) is 1.10. The van der Waals surface area contributed by atoms with Crippen molar-refractivity contribution in [1.29, 1.82) is 0 Å². The van der Waals surface area contributed by atoms with Crippen molar-refractivity contribution in [2.24, 2.45) is 0 Å². The molecule has 1 aromatic heterocycles. The predicted molar refractivity (Wildman–Crippen MR) is 107 cm³/mol. The molecule has 7 nitrogen and oxygen atoms in total. The van der Waals surface area contributed by atoms with Gasteiger partial charge in [-0.15, -0.1) is 0 Å². The van der Waals surface area contributed by atoms with Gasteiger partial charge in [0.1, 0.15) is 11.6 Å². The zero-order chi connectivity index (χ0) is 19.8. The number of hydrogen-bond donors (Lipinski definition) is 3. The zero-order valence-corrected chi connectivity index (χ0v) is 15.8. The number of ether oxygens (including phenoxy) is 1. The fraction of sp³-hybridized carbons (Fsp3) is 0.286. The minimum atomic E-state index is -0.291. The second-order valence-corrected chi connectivity index (χ2v) is 6.29. The van der Waals surface area contributed by atoms with Crippen LogP contribution in [-0.4, -0.2) is 41.5 Å². The minimum absolute atomic E-state index is 0.0588. The van der Waals surface area contributed by atoms with Gasteiger partial charge in [-0.1, -0.05) is 12.1 Å². The zero-order valence-electron chi connectivity index (χ0n) is 15.8. The smallest absolute Gasteiger partial charge is 0.251 e. The van der Waals surface area contributed by atoms with Crippen LogP contribution in [0.5, 0.6) is 5.75 Å². The number of fused-ring (bicyclic) bond motifs is 1. The van der Waals surface area contributed by atoms with Crippen molar-refractivity contribution in [2.75, 3.05) is 19.7 Å². The molecular formula is C21H24N4O3. The number of H-pyrrole nitrogens is 1. The van der Waals surface area contributed by atoms with Crippen LogP contribution in [0.3, 0.4) is 0 Å². The lowest BCUT2D eigenvalue weighted by molar-refractivity contribution is -0.120. The van der Waals surface area contributed by atoms with Crippen LogP contribution in [-0.2, 0) is 11.2 Å². The Balaban J connectivity index is 1.35. The molecule has 0 aliphatic rings. The van der Waals surface area contributed by atoms with E-state index in [1.54, 1.807) is 24.3 Å². The molecule has 2 aromatic carbocycles. The largest absolute Gasteiger partial charge is 0.494 e. The number of amides is 2. The third-order valence-corrected chi connectivity index (χ3v) is 4.19. The van der Waals surface area contributed by atoms with Crippen LogP contribution in [0.1, 0.15) is 29.5 Å². The van der Waals surface area contributed by atoms with E-state index in [9.17, 15) is 9.59 Å². The molecule has 2 amide bonds. The molecule has 7 heteroatoms. The van der Waals surface area contributed by atoms with Crippen molar-refractivity contribution in [3.8, 4) is 5.75 Å². The number of para-hydroxylation sites is 2. The summed E-state index contributed by atoms with van der Waals surface area (Å²) in [4.78, 5) is 31.7. The van der Waals surface area contributed by atoms with E-state index in [1.807, 2.05) is 31.2 Å². The van der Waals surface area contributed by atoms with E-state index < -0.39 is 0 Å². The summed E-state index contributed by atoms with van der Waals surface area (Å²) in [5, 5.41) is 5.42. The Labute approximate surface area is 163 Å². The lowest BCUT2D eigenvalue weighted by atomic mass is 10.2. The van der Waals surface area contributed by atoms with Gasteiger partial charge in [0.25, 0.3) is 5.91 Å². The molecule has 3 aromatic rings. The van der Waals surface area contributed by atoms with Gasteiger partial charge in [0, 0.05) is 18.5 Å². The molecule has 3 rings (SSSR count). The van der Waals surface area contributed by atoms with Gasteiger partial charge in [-0.2, -0.15) is 0 Å². The van der Waals surface area contributed by atoms with Crippen LogP contribution in [0.4, 0.5) is 0 Å². The second-order valence-electron chi connectivity index (χ2n) is 6.29. The van der Waals surface area contributed by atoms with Crippen LogP contribution in [0.25, 0.3) is 11.0 Å². The van der Waals surface area contributed by atoms with E-state index in [0.29, 0.717) is 24.5 Å². The molecule has 0 aliphatic heterocycles. The quantitative estimate of drug-likeness (QED) is 0.497. The van der Waals surface area contributed by atoms with Crippen LogP contribution < -0.4 is 15.4 Å². The Morgan fingerprint density at radius 2 is 1.86 bits per heavy atom. The van der Waals surface area contributed by atoms with Crippen molar-refractivity contribution < 1.29 is 14.3 Å². The van der Waals surface area contributed by atoms with Gasteiger partial charge in [-0.3, -0.25) is 9.59 Å². The number of rotatable bonds is 9. The van der Waals surface area contributed by atoms with Gasteiger partial charge in [0.15, 0.2) is 0 Å². The maximum Gasteiger partial charge on any atom is 0.251 e. The topological polar surface area (TPSA) is 96.1 Å². The fourth-order valence-electron chi connectivity index (χ4n) is 2.80. The number of benzene rings is 2. The molecule has 0 saturated carbocycles. The fourth-order valence-corrected chi connectivity index (χ4v) is 2.80. The SMILES string of the molecule is CCOc1ccc(C(=O)NCC(=O)NCCCc2nc3ccccc3[nH]2)cc1. The van der Waals surface area contributed by atoms with Crippen LogP contribution in [0.2, 0.25) is 0 Å². The summed E-state index contributed by atoms with van der Waals surface area (Å²) in [6, 6.07) is 14.7. The number of imidazole rings is 1. The Kier molecular flexibility index (Phi) is 6.62. The van der Waals surface area contributed by atoms with Crippen molar-refractivity contribution in [3.05, 3.63) is 59.9 Å². The second kappa shape index (κ2) is 9.55. The summed E-state index contributed by atoms with van der Waals surface area (Å²) >= 11 is 0. The number of nitrogens with one attached hydrogen (secondary N) is 3. The molecule has 0 unspecified atom stereocenters. The average Bonchev–Trinajstić information content (AvgIpc) is 3.13. The molecule has 0 aliphatic carbocycles. The van der Waals surface area contributed by atoms with E-state index in [0.717, 1.165) is 29.7 Å². The third kappa shape index (κ3) is 5.33. The number of aromatic amines is 1. The lowest BCUT2D eigenvalue weighted by Gasteiger charge is -2.07. The predicted octanol–water partition coefficient (Wildman–Crippen LogP) is 2.44. The minimum Gasteiger partial charge on any atom is -0.494 e. The third-order valence-electron chi connectivity index (χ3n) is 4.19. The lowest BCUT2D eigenvalue weighted by Crippen LogP contribution is -2.37. The van der Waals surface area contributed by atoms with Gasteiger partial charge in [-0.05, 0) is 49.7 Å². The van der Waals surface area contributed by atoms with Crippen molar-refractivity contribution in [1.82, 2.24) is 20.6 Å². The standard InChI is InChI=1S/C21H24N4O3/c1-2-28-16-11-9-15(10-12-16)21(27)23-14-20(26)22-13-5-8-19-24-17-6-3-4-7-18(17)25-19/h3-4,6-7,9-12H,2,5,8,13-14H2,1H3,(H,22,26)(H,23,27)(H,24,25). The monoisotopic (exact) mass is 380 g/mol. The maximum atomic E-state index is 12.1. The molecule has 0 spiro atoms. The van der Waals surface area contributed by atoms with Gasteiger partial charge in [0.05, 0.1) is 24.2 Å². The highest BCUT2D eigenvalue weighted by atomic mass is 16.5. The van der Waals surface area contributed by atoms with Gasteiger partial charge < -0.3 is 20.4 Å². The first-order chi connectivity index (χ1) is 13.7. The van der Waals surface area contributed by atoms with Gasteiger partial charge in [-0.25, -0.2) is 4.98 Å². The molecule has 28 heavy (non-hydrogen) atoms. The van der Waals surface area contributed by atoms with Gasteiger partial charge >= 0.3 is 0 Å². The van der Waals surface area contributed by atoms with Crippen molar-refractivity contribution >= 4 is 22.8 Å². The average molecular weight is 380 g/mol. The molecule has 1 heterocycles. The van der Waals surface area contributed by atoms with Crippen molar-refractivity contribution in [3.63, 3.8) is 0 Å². The van der Waals surface area contributed by atoms with E-state index in [4.69, 9.17) is 4.74 Å². The number of hydrogen-bond acceptors (Lipinski definition) is 4. The number of aryl methyl sites for hydroxylation is 1. The van der Waals surface area contributed by atoms with Crippen LogP contribution >= 0.6 is 0 Å². The Morgan fingerprint density at radius 1 is 1.07 bits per heavy atom. The maximum absolute atomic E-state index is 12.1. The normalized spacial score (nSPS) is 10.6. The Bertz CT molecular complexity index is 901. The van der Waals surface area contributed by atoms with Gasteiger partial charge in [0.2, 0.25) is 5.91 Å². The molecule has 146 valence electrons.